The third-order valence-corrected chi connectivity index (χ3v) is 6.47. The zero-order chi connectivity index (χ0) is 31.4. The summed E-state index contributed by atoms with van der Waals surface area (Å²) in [5.41, 5.74) is 10.3. The van der Waals surface area contributed by atoms with Crippen LogP contribution in [-0.4, -0.2) is 56.9 Å². The fourth-order valence-electron chi connectivity index (χ4n) is 4.19. The Morgan fingerprint density at radius 1 is 0.500 bits per heavy atom. The predicted molar refractivity (Wildman–Crippen MR) is 166 cm³/mol. The third-order valence-electron chi connectivity index (χ3n) is 6.47. The SMILES string of the molecule is N=C1C=C(c2cccc(-c3ccccn3)n2)C=C(c2cccc(-c3ccccn3)n2)C1=N.Nc1c(O)c(O)c(O)c(O)c1O. The Hall–Kier alpha value is -6.56. The van der Waals surface area contributed by atoms with E-state index in [0.29, 0.717) is 17.0 Å². The van der Waals surface area contributed by atoms with Crippen LogP contribution in [0.3, 0.4) is 0 Å². The van der Waals surface area contributed by atoms with Crippen LogP contribution in [0.15, 0.2) is 97.3 Å². The van der Waals surface area contributed by atoms with Gasteiger partial charge in [-0.2, -0.15) is 0 Å². The molecule has 0 unspecified atom stereocenters. The summed E-state index contributed by atoms with van der Waals surface area (Å²) in [6.45, 7) is 0. The average molecular weight is 588 g/mol. The number of allylic oxidation sites excluding steroid dienone is 4. The molecule has 0 spiro atoms. The van der Waals surface area contributed by atoms with Gasteiger partial charge >= 0.3 is 0 Å². The number of rotatable bonds is 4. The minimum atomic E-state index is -1.01. The van der Waals surface area contributed by atoms with E-state index in [1.807, 2.05) is 78.9 Å². The molecule has 12 heteroatoms. The molecule has 0 saturated heterocycles. The van der Waals surface area contributed by atoms with Gasteiger partial charge in [-0.05, 0) is 60.7 Å². The Morgan fingerprint density at radius 3 is 1.48 bits per heavy atom. The maximum Gasteiger partial charge on any atom is 0.208 e. The molecule has 0 atom stereocenters. The third kappa shape index (κ3) is 5.76. The molecule has 218 valence electrons. The molecule has 0 bridgehead atoms. The van der Waals surface area contributed by atoms with Crippen molar-refractivity contribution in [3.63, 3.8) is 0 Å². The molecule has 0 aliphatic heterocycles. The fraction of sp³-hybridized carbons (Fsp3) is 0. The molecule has 4 aromatic heterocycles. The van der Waals surface area contributed by atoms with Crippen molar-refractivity contribution in [2.45, 2.75) is 0 Å². The quantitative estimate of drug-likeness (QED) is 0.0612. The van der Waals surface area contributed by atoms with Crippen LogP contribution in [0.5, 0.6) is 28.7 Å². The summed E-state index contributed by atoms with van der Waals surface area (Å²) in [5.74, 6) is -4.70. The number of phenolic OH excluding ortho intramolecular Hbond substituents is 5. The van der Waals surface area contributed by atoms with Gasteiger partial charge in [0.05, 0.1) is 45.6 Å². The first kappa shape index (κ1) is 29.0. The highest BCUT2D eigenvalue weighted by Gasteiger charge is 2.22. The van der Waals surface area contributed by atoms with Gasteiger partial charge in [0.15, 0.2) is 11.5 Å². The second kappa shape index (κ2) is 12.1. The van der Waals surface area contributed by atoms with Gasteiger partial charge in [0.1, 0.15) is 5.69 Å². The molecule has 1 aliphatic carbocycles. The number of nitrogens with zero attached hydrogens (tertiary/aromatic N) is 4. The largest absolute Gasteiger partial charge is 0.503 e. The summed E-state index contributed by atoms with van der Waals surface area (Å²) in [6.07, 6.45) is 7.00. The molecule has 9 N–H and O–H groups in total. The Balaban J connectivity index is 0.000000270. The van der Waals surface area contributed by atoms with Crippen molar-refractivity contribution in [2.75, 3.05) is 5.73 Å². The second-order valence-corrected chi connectivity index (χ2v) is 9.35. The van der Waals surface area contributed by atoms with Gasteiger partial charge in [0, 0.05) is 23.5 Å². The summed E-state index contributed by atoms with van der Waals surface area (Å²) in [6, 6.07) is 22.7. The molecule has 0 amide bonds. The Bertz CT molecular complexity index is 1850. The molecule has 6 rings (SSSR count). The first-order chi connectivity index (χ1) is 21.2. The van der Waals surface area contributed by atoms with E-state index in [1.54, 1.807) is 18.5 Å². The zero-order valence-corrected chi connectivity index (χ0v) is 22.8. The first-order valence-electron chi connectivity index (χ1n) is 13.0. The molecule has 0 radical (unpaired) electrons. The normalized spacial score (nSPS) is 12.5. The van der Waals surface area contributed by atoms with Crippen LogP contribution in [0, 0.1) is 10.8 Å². The Kier molecular flexibility index (Phi) is 7.98. The van der Waals surface area contributed by atoms with Crippen LogP contribution in [0.2, 0.25) is 0 Å². The van der Waals surface area contributed by atoms with Crippen LogP contribution < -0.4 is 5.73 Å². The van der Waals surface area contributed by atoms with E-state index in [1.165, 1.54) is 0 Å². The van der Waals surface area contributed by atoms with Crippen LogP contribution in [0.25, 0.3) is 33.9 Å². The minimum absolute atomic E-state index is 0.118. The lowest BCUT2D eigenvalue weighted by Crippen LogP contribution is -2.17. The van der Waals surface area contributed by atoms with Crippen molar-refractivity contribution in [1.82, 2.24) is 19.9 Å². The first-order valence-corrected chi connectivity index (χ1v) is 13.0. The van der Waals surface area contributed by atoms with E-state index in [2.05, 4.69) is 9.97 Å². The highest BCUT2D eigenvalue weighted by atomic mass is 16.4. The molecule has 1 aromatic carbocycles. The van der Waals surface area contributed by atoms with Crippen LogP contribution in [0.1, 0.15) is 11.4 Å². The van der Waals surface area contributed by atoms with E-state index in [9.17, 15) is 0 Å². The maximum atomic E-state index is 8.89. The van der Waals surface area contributed by atoms with Gasteiger partial charge in [0.2, 0.25) is 17.2 Å². The molecular formula is C32H25N7O5. The number of phenols is 5. The minimum Gasteiger partial charge on any atom is -0.503 e. The monoisotopic (exact) mass is 587 g/mol. The maximum absolute atomic E-state index is 8.89. The number of benzene rings is 1. The second-order valence-electron chi connectivity index (χ2n) is 9.35. The van der Waals surface area contributed by atoms with Gasteiger partial charge in [-0.3, -0.25) is 20.8 Å². The fourth-order valence-corrected chi connectivity index (χ4v) is 4.19. The molecule has 1 aliphatic rings. The Morgan fingerprint density at radius 2 is 0.955 bits per heavy atom. The van der Waals surface area contributed by atoms with Crippen molar-refractivity contribution in [2.24, 2.45) is 0 Å². The zero-order valence-electron chi connectivity index (χ0n) is 22.8. The highest BCUT2D eigenvalue weighted by molar-refractivity contribution is 6.61. The lowest BCUT2D eigenvalue weighted by Gasteiger charge is -2.16. The van der Waals surface area contributed by atoms with E-state index in [0.717, 1.165) is 28.3 Å². The van der Waals surface area contributed by atoms with Crippen LogP contribution in [0.4, 0.5) is 5.69 Å². The molecule has 0 fully saturated rings. The number of hydrogen-bond acceptors (Lipinski definition) is 12. The molecule has 4 heterocycles. The van der Waals surface area contributed by atoms with Crippen molar-refractivity contribution < 1.29 is 25.5 Å². The highest BCUT2D eigenvalue weighted by Crippen LogP contribution is 2.52. The van der Waals surface area contributed by atoms with Gasteiger partial charge in [-0.1, -0.05) is 24.3 Å². The molecule has 0 saturated carbocycles. The van der Waals surface area contributed by atoms with Gasteiger partial charge in [-0.25, -0.2) is 9.97 Å². The summed E-state index contributed by atoms with van der Waals surface area (Å²) < 4.78 is 0. The number of nitrogen functional groups attached to an aromatic ring is 1. The van der Waals surface area contributed by atoms with Crippen LogP contribution >= 0.6 is 0 Å². The molecule has 12 nitrogen and oxygen atoms in total. The lowest BCUT2D eigenvalue weighted by molar-refractivity contribution is 0.330. The summed E-state index contributed by atoms with van der Waals surface area (Å²) in [4.78, 5) is 18.2. The van der Waals surface area contributed by atoms with Crippen LogP contribution in [-0.2, 0) is 0 Å². The molecule has 44 heavy (non-hydrogen) atoms. The standard InChI is InChI=1S/C26H18N6.C6H7NO5/c27-19-16-17(20-9-5-11-24(31-20)22-7-1-3-13-29-22)15-18(26(19)28)21-10-6-12-25(32-21)23-8-2-4-14-30-23;7-1-2(8)4(10)6(12)5(11)3(1)9/h1-16,27-28H;8-12H,7H2. The number of pyridine rings is 4. The summed E-state index contributed by atoms with van der Waals surface area (Å²) in [7, 11) is 0. The Labute approximate surface area is 250 Å². The van der Waals surface area contributed by atoms with Gasteiger partial charge in [0.25, 0.3) is 0 Å². The predicted octanol–water partition coefficient (Wildman–Crippen LogP) is 4.92. The lowest BCUT2D eigenvalue weighted by atomic mass is 9.91. The number of anilines is 1. The van der Waals surface area contributed by atoms with E-state index < -0.39 is 34.4 Å². The van der Waals surface area contributed by atoms with E-state index in [4.69, 9.17) is 52.1 Å². The number of hydrogen-bond donors (Lipinski definition) is 8. The van der Waals surface area contributed by atoms with Gasteiger partial charge < -0.3 is 31.3 Å². The number of nitrogens with two attached hydrogens (primary N) is 1. The number of nitrogens with one attached hydrogen (secondary N) is 2. The molecule has 5 aromatic rings. The summed E-state index contributed by atoms with van der Waals surface area (Å²) in [5, 5.41) is 61.1. The topological polar surface area (TPSA) is 226 Å². The van der Waals surface area contributed by atoms with Gasteiger partial charge in [-0.15, -0.1) is 0 Å². The smallest absolute Gasteiger partial charge is 0.208 e. The van der Waals surface area contributed by atoms with Crippen molar-refractivity contribution in [1.29, 1.82) is 10.8 Å². The number of aromatic hydroxyl groups is 5. The van der Waals surface area contributed by atoms with E-state index >= 15 is 0 Å². The molecular weight excluding hydrogens is 562 g/mol. The summed E-state index contributed by atoms with van der Waals surface area (Å²) >= 11 is 0. The van der Waals surface area contributed by atoms with E-state index in [-0.39, 0.29) is 11.4 Å². The number of aromatic nitrogens is 4. The van der Waals surface area contributed by atoms with Crippen molar-refractivity contribution in [3.05, 3.63) is 109 Å². The average Bonchev–Trinajstić information content (AvgIpc) is 3.08. The van der Waals surface area contributed by atoms with Crippen molar-refractivity contribution in [3.8, 4) is 51.5 Å². The van der Waals surface area contributed by atoms with Crippen molar-refractivity contribution >= 4 is 28.3 Å².